The molecule has 1 fully saturated rings. The number of ether oxygens (including phenoxy) is 1. The van der Waals surface area contributed by atoms with Crippen LogP contribution in [0, 0.1) is 13.8 Å². The van der Waals surface area contributed by atoms with Crippen LogP contribution < -0.4 is 9.64 Å². The molecule has 8 nitrogen and oxygen atoms in total. The number of amides is 1. The Kier molecular flexibility index (Phi) is 5.54. The van der Waals surface area contributed by atoms with E-state index in [0.29, 0.717) is 37.5 Å². The molecule has 0 bridgehead atoms. The SMILES string of the molecule is Cc1cc(C(=O)N2CCN(c3cccnn3)CC2)cc(C)c1OCC(=O)O. The number of aryl methyl sites for hydroxylation is 2. The third-order valence-electron chi connectivity index (χ3n) is 4.50. The molecule has 0 unspecified atom stereocenters. The van der Waals surface area contributed by atoms with E-state index in [2.05, 4.69) is 15.1 Å². The van der Waals surface area contributed by atoms with E-state index in [0.717, 1.165) is 16.9 Å². The summed E-state index contributed by atoms with van der Waals surface area (Å²) in [7, 11) is 0. The number of nitrogens with zero attached hydrogens (tertiary/aromatic N) is 4. The van der Waals surface area contributed by atoms with Gasteiger partial charge in [0.2, 0.25) is 0 Å². The van der Waals surface area contributed by atoms with Gasteiger partial charge in [-0.25, -0.2) is 4.79 Å². The van der Waals surface area contributed by atoms with Crippen molar-refractivity contribution in [2.24, 2.45) is 0 Å². The number of rotatable bonds is 5. The predicted molar refractivity (Wildman–Crippen MR) is 99.2 cm³/mol. The second-order valence-electron chi connectivity index (χ2n) is 6.48. The smallest absolute Gasteiger partial charge is 0.341 e. The summed E-state index contributed by atoms with van der Waals surface area (Å²) in [6.07, 6.45) is 1.64. The molecule has 2 heterocycles. The molecule has 142 valence electrons. The molecule has 0 saturated carbocycles. The van der Waals surface area contributed by atoms with Crippen molar-refractivity contribution in [1.82, 2.24) is 15.1 Å². The van der Waals surface area contributed by atoms with Gasteiger partial charge in [-0.2, -0.15) is 5.10 Å². The third kappa shape index (κ3) is 4.33. The van der Waals surface area contributed by atoms with Crippen LogP contribution in [0.3, 0.4) is 0 Å². The minimum absolute atomic E-state index is 0.0372. The van der Waals surface area contributed by atoms with E-state index in [1.165, 1.54) is 0 Å². The quantitative estimate of drug-likeness (QED) is 0.852. The fourth-order valence-electron chi connectivity index (χ4n) is 3.22. The first-order chi connectivity index (χ1) is 13.0. The van der Waals surface area contributed by atoms with Crippen LogP contribution in [0.5, 0.6) is 5.75 Å². The van der Waals surface area contributed by atoms with Crippen LogP contribution in [0.25, 0.3) is 0 Å². The highest BCUT2D eigenvalue weighted by atomic mass is 16.5. The maximum absolute atomic E-state index is 12.9. The lowest BCUT2D eigenvalue weighted by molar-refractivity contribution is -0.139. The number of carbonyl (C=O) groups is 2. The highest BCUT2D eigenvalue weighted by Gasteiger charge is 2.24. The van der Waals surface area contributed by atoms with Crippen LogP contribution in [0.15, 0.2) is 30.5 Å². The van der Waals surface area contributed by atoms with Crippen LogP contribution in [-0.2, 0) is 4.79 Å². The van der Waals surface area contributed by atoms with Crippen LogP contribution >= 0.6 is 0 Å². The summed E-state index contributed by atoms with van der Waals surface area (Å²) < 4.78 is 5.33. The van der Waals surface area contributed by atoms with Gasteiger partial charge < -0.3 is 19.6 Å². The molecule has 2 aromatic rings. The molecule has 1 aliphatic rings. The van der Waals surface area contributed by atoms with Crippen LogP contribution in [0.2, 0.25) is 0 Å². The minimum atomic E-state index is -1.03. The number of carboxylic acids is 1. The Balaban J connectivity index is 1.67. The van der Waals surface area contributed by atoms with Gasteiger partial charge in [0.1, 0.15) is 5.75 Å². The largest absolute Gasteiger partial charge is 0.481 e. The first-order valence-corrected chi connectivity index (χ1v) is 8.73. The Morgan fingerprint density at radius 1 is 1.15 bits per heavy atom. The molecule has 0 spiro atoms. The Hall–Kier alpha value is -3.16. The number of carboxylic acid groups (broad SMARTS) is 1. The van der Waals surface area contributed by atoms with E-state index in [1.807, 2.05) is 30.9 Å². The lowest BCUT2D eigenvalue weighted by Crippen LogP contribution is -2.49. The molecule has 1 aliphatic heterocycles. The van der Waals surface area contributed by atoms with Crippen molar-refractivity contribution in [3.63, 3.8) is 0 Å². The molecule has 0 atom stereocenters. The van der Waals surface area contributed by atoms with Gasteiger partial charge >= 0.3 is 5.97 Å². The van der Waals surface area contributed by atoms with Crippen molar-refractivity contribution >= 4 is 17.7 Å². The molecular formula is C19H22N4O4. The first-order valence-electron chi connectivity index (χ1n) is 8.73. The predicted octanol–water partition coefficient (Wildman–Crippen LogP) is 1.52. The highest BCUT2D eigenvalue weighted by Crippen LogP contribution is 2.26. The van der Waals surface area contributed by atoms with Gasteiger partial charge in [-0.05, 0) is 49.2 Å². The Labute approximate surface area is 157 Å². The number of anilines is 1. The molecular weight excluding hydrogens is 348 g/mol. The zero-order valence-electron chi connectivity index (χ0n) is 15.4. The number of hydrogen-bond acceptors (Lipinski definition) is 6. The van der Waals surface area contributed by atoms with Gasteiger partial charge in [-0.1, -0.05) is 0 Å². The molecule has 8 heteroatoms. The van der Waals surface area contributed by atoms with Gasteiger partial charge in [-0.3, -0.25) is 4.79 Å². The van der Waals surface area contributed by atoms with Gasteiger partial charge in [0, 0.05) is 37.9 Å². The van der Waals surface area contributed by atoms with Crippen LogP contribution in [-0.4, -0.2) is 64.9 Å². The monoisotopic (exact) mass is 370 g/mol. The van der Waals surface area contributed by atoms with Crippen molar-refractivity contribution in [2.45, 2.75) is 13.8 Å². The summed E-state index contributed by atoms with van der Waals surface area (Å²) in [4.78, 5) is 27.5. The molecule has 1 saturated heterocycles. The van der Waals surface area contributed by atoms with Crippen LogP contribution in [0.4, 0.5) is 5.82 Å². The Morgan fingerprint density at radius 3 is 2.37 bits per heavy atom. The second kappa shape index (κ2) is 8.03. The minimum Gasteiger partial charge on any atom is -0.481 e. The zero-order valence-corrected chi connectivity index (χ0v) is 15.4. The number of hydrogen-bond donors (Lipinski definition) is 1. The maximum atomic E-state index is 12.9. The molecule has 1 amide bonds. The lowest BCUT2D eigenvalue weighted by Gasteiger charge is -2.35. The normalized spacial score (nSPS) is 14.1. The summed E-state index contributed by atoms with van der Waals surface area (Å²) in [5.41, 5.74) is 2.08. The van der Waals surface area contributed by atoms with Crippen molar-refractivity contribution in [2.75, 3.05) is 37.7 Å². The Morgan fingerprint density at radius 2 is 1.81 bits per heavy atom. The molecule has 3 rings (SSSR count). The average molecular weight is 370 g/mol. The molecule has 0 aliphatic carbocycles. The molecule has 1 aromatic carbocycles. The first kappa shape index (κ1) is 18.6. The maximum Gasteiger partial charge on any atom is 0.341 e. The third-order valence-corrected chi connectivity index (χ3v) is 4.50. The van der Waals surface area contributed by atoms with Gasteiger partial charge in [0.15, 0.2) is 12.4 Å². The standard InChI is InChI=1S/C19H22N4O4/c1-13-10-15(11-14(2)18(13)27-12-17(24)25)19(26)23-8-6-22(7-9-23)16-4-3-5-20-21-16/h3-5,10-11H,6-9,12H2,1-2H3,(H,24,25). The Bertz CT molecular complexity index is 810. The number of piperazine rings is 1. The summed E-state index contributed by atoms with van der Waals surface area (Å²) in [6, 6.07) is 7.26. The number of carbonyl (C=O) groups excluding carboxylic acids is 1. The van der Waals surface area contributed by atoms with Crippen molar-refractivity contribution < 1.29 is 19.4 Å². The molecule has 1 N–H and O–H groups in total. The van der Waals surface area contributed by atoms with Gasteiger partial charge in [0.05, 0.1) is 0 Å². The summed E-state index contributed by atoms with van der Waals surface area (Å²) in [5, 5.41) is 16.8. The van der Waals surface area contributed by atoms with E-state index in [9.17, 15) is 9.59 Å². The van der Waals surface area contributed by atoms with Crippen molar-refractivity contribution in [3.8, 4) is 5.75 Å². The number of aromatic nitrogens is 2. The summed E-state index contributed by atoms with van der Waals surface area (Å²) in [6.45, 7) is 5.82. The fraction of sp³-hybridized carbons (Fsp3) is 0.368. The van der Waals surface area contributed by atoms with E-state index in [-0.39, 0.29) is 5.91 Å². The topological polar surface area (TPSA) is 95.9 Å². The van der Waals surface area contributed by atoms with E-state index in [1.54, 1.807) is 18.3 Å². The molecule has 27 heavy (non-hydrogen) atoms. The molecule has 0 radical (unpaired) electrons. The second-order valence-corrected chi connectivity index (χ2v) is 6.48. The highest BCUT2D eigenvalue weighted by molar-refractivity contribution is 5.95. The molecule has 1 aromatic heterocycles. The van der Waals surface area contributed by atoms with Gasteiger partial charge in [-0.15, -0.1) is 5.10 Å². The lowest BCUT2D eigenvalue weighted by atomic mass is 10.0. The van der Waals surface area contributed by atoms with Crippen LogP contribution in [0.1, 0.15) is 21.5 Å². The summed E-state index contributed by atoms with van der Waals surface area (Å²) in [5.74, 6) is 0.261. The van der Waals surface area contributed by atoms with Gasteiger partial charge in [0.25, 0.3) is 5.91 Å². The zero-order chi connectivity index (χ0) is 19.4. The van der Waals surface area contributed by atoms with E-state index < -0.39 is 12.6 Å². The van der Waals surface area contributed by atoms with Crippen molar-refractivity contribution in [1.29, 1.82) is 0 Å². The van der Waals surface area contributed by atoms with E-state index in [4.69, 9.17) is 9.84 Å². The summed E-state index contributed by atoms with van der Waals surface area (Å²) >= 11 is 0. The van der Waals surface area contributed by atoms with E-state index >= 15 is 0 Å². The number of benzene rings is 1. The average Bonchev–Trinajstić information content (AvgIpc) is 2.67. The number of aliphatic carboxylic acids is 1. The van der Waals surface area contributed by atoms with Crippen molar-refractivity contribution in [3.05, 3.63) is 47.2 Å². The fourth-order valence-corrected chi connectivity index (χ4v) is 3.22.